The van der Waals surface area contributed by atoms with Crippen molar-refractivity contribution in [1.29, 1.82) is 0 Å². The van der Waals surface area contributed by atoms with Gasteiger partial charge < -0.3 is 0 Å². The number of pyridine rings is 1. The van der Waals surface area contributed by atoms with Crippen molar-refractivity contribution in [3.63, 3.8) is 0 Å². The molecule has 3 heteroatoms. The molecule has 1 heterocycles. The number of halogens is 2. The molecule has 0 spiro atoms. The Hall–Kier alpha value is -0.270. The van der Waals surface area contributed by atoms with Gasteiger partial charge in [0, 0.05) is 0 Å². The summed E-state index contributed by atoms with van der Waals surface area (Å²) in [5, 5.41) is 1.01. The smallest absolute Gasteiger partial charge is 0.131 e. The van der Waals surface area contributed by atoms with Gasteiger partial charge in [0.1, 0.15) is 10.3 Å². The van der Waals surface area contributed by atoms with E-state index >= 15 is 0 Å². The summed E-state index contributed by atoms with van der Waals surface area (Å²) in [6, 6.07) is 3.88. The standard InChI is InChI=1S/C11H13Cl2N/c1-7-2-3-8(4-7)9-5-10(12)14-11(13)6-9/h5-8H,2-4H2,1H3. The molecular weight excluding hydrogens is 217 g/mol. The number of hydrogen-bond acceptors (Lipinski definition) is 1. The summed E-state index contributed by atoms with van der Waals surface area (Å²) >= 11 is 11.7. The minimum Gasteiger partial charge on any atom is -0.224 e. The zero-order valence-electron chi connectivity index (χ0n) is 8.13. The first-order valence-electron chi connectivity index (χ1n) is 4.98. The monoisotopic (exact) mass is 229 g/mol. The lowest BCUT2D eigenvalue weighted by atomic mass is 9.98. The van der Waals surface area contributed by atoms with Crippen LogP contribution in [0.2, 0.25) is 10.3 Å². The van der Waals surface area contributed by atoms with Crippen molar-refractivity contribution in [3.8, 4) is 0 Å². The van der Waals surface area contributed by atoms with Gasteiger partial charge in [0.25, 0.3) is 0 Å². The maximum Gasteiger partial charge on any atom is 0.131 e. The van der Waals surface area contributed by atoms with E-state index in [1.165, 1.54) is 24.8 Å². The Morgan fingerprint density at radius 3 is 2.36 bits per heavy atom. The minimum absolute atomic E-state index is 0.507. The second kappa shape index (κ2) is 4.08. The molecule has 0 aliphatic heterocycles. The van der Waals surface area contributed by atoms with Crippen LogP contribution in [0.15, 0.2) is 12.1 Å². The van der Waals surface area contributed by atoms with Gasteiger partial charge >= 0.3 is 0 Å². The van der Waals surface area contributed by atoms with Gasteiger partial charge in [0.2, 0.25) is 0 Å². The average Bonchev–Trinajstić information content (AvgIpc) is 2.50. The molecule has 0 bridgehead atoms. The fourth-order valence-corrected chi connectivity index (χ4v) is 2.71. The van der Waals surface area contributed by atoms with Gasteiger partial charge in [-0.05, 0) is 42.4 Å². The van der Waals surface area contributed by atoms with E-state index < -0.39 is 0 Å². The summed E-state index contributed by atoms with van der Waals surface area (Å²) < 4.78 is 0. The van der Waals surface area contributed by atoms with E-state index in [0.717, 1.165) is 5.92 Å². The quantitative estimate of drug-likeness (QED) is 0.655. The Labute approximate surface area is 94.4 Å². The number of aromatic nitrogens is 1. The molecule has 1 nitrogen and oxygen atoms in total. The first kappa shape index (κ1) is 10.3. The van der Waals surface area contributed by atoms with Crippen LogP contribution in [0.3, 0.4) is 0 Å². The van der Waals surface area contributed by atoms with E-state index in [9.17, 15) is 0 Å². The summed E-state index contributed by atoms with van der Waals surface area (Å²) in [7, 11) is 0. The van der Waals surface area contributed by atoms with Crippen molar-refractivity contribution in [2.75, 3.05) is 0 Å². The number of rotatable bonds is 1. The van der Waals surface area contributed by atoms with Crippen LogP contribution < -0.4 is 0 Å². The van der Waals surface area contributed by atoms with Crippen LogP contribution in [0, 0.1) is 5.92 Å². The average molecular weight is 230 g/mol. The number of nitrogens with zero attached hydrogens (tertiary/aromatic N) is 1. The third kappa shape index (κ3) is 2.21. The van der Waals surface area contributed by atoms with Crippen LogP contribution in [0.5, 0.6) is 0 Å². The molecule has 0 saturated heterocycles. The van der Waals surface area contributed by atoms with E-state index in [-0.39, 0.29) is 0 Å². The summed E-state index contributed by atoms with van der Waals surface area (Å²) in [4.78, 5) is 3.96. The van der Waals surface area contributed by atoms with Crippen LogP contribution in [0.1, 0.15) is 37.7 Å². The fourth-order valence-electron chi connectivity index (χ4n) is 2.23. The first-order chi connectivity index (χ1) is 6.65. The first-order valence-corrected chi connectivity index (χ1v) is 5.73. The molecule has 0 amide bonds. The van der Waals surface area contributed by atoms with Crippen molar-refractivity contribution in [2.45, 2.75) is 32.1 Å². The SMILES string of the molecule is CC1CCC(c2cc(Cl)nc(Cl)c2)C1. The molecule has 2 atom stereocenters. The highest BCUT2D eigenvalue weighted by atomic mass is 35.5. The third-order valence-corrected chi connectivity index (χ3v) is 3.34. The highest BCUT2D eigenvalue weighted by Gasteiger charge is 2.23. The molecule has 0 aromatic carbocycles. The van der Waals surface area contributed by atoms with E-state index in [0.29, 0.717) is 16.2 Å². The molecule has 1 aliphatic carbocycles. The molecule has 14 heavy (non-hydrogen) atoms. The lowest BCUT2D eigenvalue weighted by molar-refractivity contribution is 0.596. The summed E-state index contributed by atoms with van der Waals surface area (Å²) in [5.41, 5.74) is 1.25. The van der Waals surface area contributed by atoms with Crippen LogP contribution in [0.4, 0.5) is 0 Å². The van der Waals surface area contributed by atoms with Crippen molar-refractivity contribution in [1.82, 2.24) is 4.98 Å². The van der Waals surface area contributed by atoms with Crippen LogP contribution in [-0.2, 0) is 0 Å². The molecule has 1 saturated carbocycles. The maximum atomic E-state index is 5.87. The third-order valence-electron chi connectivity index (χ3n) is 2.95. The maximum absolute atomic E-state index is 5.87. The van der Waals surface area contributed by atoms with E-state index in [2.05, 4.69) is 11.9 Å². The molecule has 1 fully saturated rings. The molecular formula is C11H13Cl2N. The molecule has 2 unspecified atom stereocenters. The molecule has 76 valence electrons. The van der Waals surface area contributed by atoms with Crippen molar-refractivity contribution in [2.24, 2.45) is 5.92 Å². The molecule has 1 aromatic rings. The van der Waals surface area contributed by atoms with Gasteiger partial charge in [-0.3, -0.25) is 0 Å². The molecule has 1 aliphatic rings. The Morgan fingerprint density at radius 2 is 1.86 bits per heavy atom. The summed E-state index contributed by atoms with van der Waals surface area (Å²) in [6.07, 6.45) is 3.80. The number of hydrogen-bond donors (Lipinski definition) is 0. The van der Waals surface area contributed by atoms with Crippen LogP contribution in [0.25, 0.3) is 0 Å². The molecule has 1 aromatic heterocycles. The Balaban J connectivity index is 2.23. The molecule has 2 rings (SSSR count). The van der Waals surface area contributed by atoms with Crippen LogP contribution >= 0.6 is 23.2 Å². The highest BCUT2D eigenvalue weighted by Crippen LogP contribution is 2.38. The van der Waals surface area contributed by atoms with Gasteiger partial charge in [0.15, 0.2) is 0 Å². The van der Waals surface area contributed by atoms with Crippen molar-refractivity contribution < 1.29 is 0 Å². The zero-order valence-corrected chi connectivity index (χ0v) is 9.65. The van der Waals surface area contributed by atoms with Crippen molar-refractivity contribution >= 4 is 23.2 Å². The van der Waals surface area contributed by atoms with Crippen LogP contribution in [-0.4, -0.2) is 4.98 Å². The van der Waals surface area contributed by atoms with E-state index in [1.807, 2.05) is 12.1 Å². The van der Waals surface area contributed by atoms with Gasteiger partial charge in [-0.25, -0.2) is 4.98 Å². The molecule has 0 radical (unpaired) electrons. The summed E-state index contributed by atoms with van der Waals surface area (Å²) in [5.74, 6) is 1.45. The summed E-state index contributed by atoms with van der Waals surface area (Å²) in [6.45, 7) is 2.30. The topological polar surface area (TPSA) is 12.9 Å². The second-order valence-electron chi connectivity index (χ2n) is 4.16. The highest BCUT2D eigenvalue weighted by molar-refractivity contribution is 6.32. The fraction of sp³-hybridized carbons (Fsp3) is 0.545. The van der Waals surface area contributed by atoms with Gasteiger partial charge in [0.05, 0.1) is 0 Å². The Bertz CT molecular complexity index is 318. The Morgan fingerprint density at radius 1 is 1.21 bits per heavy atom. The lowest BCUT2D eigenvalue weighted by Gasteiger charge is -2.10. The minimum atomic E-state index is 0.507. The van der Waals surface area contributed by atoms with Gasteiger partial charge in [-0.1, -0.05) is 36.5 Å². The van der Waals surface area contributed by atoms with Crippen molar-refractivity contribution in [3.05, 3.63) is 28.0 Å². The largest absolute Gasteiger partial charge is 0.224 e. The zero-order chi connectivity index (χ0) is 10.1. The van der Waals surface area contributed by atoms with Gasteiger partial charge in [-0.15, -0.1) is 0 Å². The Kier molecular flexibility index (Phi) is 2.99. The predicted octanol–water partition coefficient (Wildman–Crippen LogP) is 4.29. The van der Waals surface area contributed by atoms with E-state index in [4.69, 9.17) is 23.2 Å². The van der Waals surface area contributed by atoms with Gasteiger partial charge in [-0.2, -0.15) is 0 Å². The van der Waals surface area contributed by atoms with E-state index in [1.54, 1.807) is 0 Å². The lowest BCUT2D eigenvalue weighted by Crippen LogP contribution is -1.94. The predicted molar refractivity (Wildman–Crippen MR) is 60.0 cm³/mol. The second-order valence-corrected chi connectivity index (χ2v) is 4.94. The molecule has 0 N–H and O–H groups in total. The normalized spacial score (nSPS) is 26.8.